The third-order valence-electron chi connectivity index (χ3n) is 4.62. The predicted octanol–water partition coefficient (Wildman–Crippen LogP) is 1.89. The fourth-order valence-corrected chi connectivity index (χ4v) is 3.05. The maximum Gasteiger partial charge on any atom is 0.272 e. The standard InChI is InChI=1S/C19H25N5O/c1-3-23-9-11-24(12-10-23)18-13-17(20-15-21-18)19(25)22(2)14-16-7-5-4-6-8-16/h4-8,13,15H,3,9-12,14H2,1-2H3. The predicted molar refractivity (Wildman–Crippen MR) is 98.6 cm³/mol. The number of anilines is 1. The Morgan fingerprint density at radius 3 is 2.52 bits per heavy atom. The molecule has 1 aromatic heterocycles. The molecule has 0 unspecified atom stereocenters. The van der Waals surface area contributed by atoms with Gasteiger partial charge in [0.1, 0.15) is 17.8 Å². The summed E-state index contributed by atoms with van der Waals surface area (Å²) in [7, 11) is 1.80. The zero-order valence-corrected chi connectivity index (χ0v) is 14.9. The van der Waals surface area contributed by atoms with Gasteiger partial charge >= 0.3 is 0 Å². The molecule has 2 aromatic rings. The number of benzene rings is 1. The number of rotatable bonds is 5. The molecule has 1 aromatic carbocycles. The van der Waals surface area contributed by atoms with Gasteiger partial charge in [-0.15, -0.1) is 0 Å². The van der Waals surface area contributed by atoms with E-state index in [0.29, 0.717) is 12.2 Å². The number of nitrogens with zero attached hydrogens (tertiary/aromatic N) is 5. The van der Waals surface area contributed by atoms with Gasteiger partial charge < -0.3 is 14.7 Å². The van der Waals surface area contributed by atoms with Crippen molar-refractivity contribution < 1.29 is 4.79 Å². The van der Waals surface area contributed by atoms with E-state index >= 15 is 0 Å². The maximum atomic E-state index is 12.7. The van der Waals surface area contributed by atoms with E-state index in [2.05, 4.69) is 26.7 Å². The van der Waals surface area contributed by atoms with Crippen LogP contribution in [-0.2, 0) is 6.54 Å². The molecule has 0 aliphatic carbocycles. The number of carbonyl (C=O) groups excluding carboxylic acids is 1. The summed E-state index contributed by atoms with van der Waals surface area (Å²) in [5.74, 6) is 0.752. The maximum absolute atomic E-state index is 12.7. The molecule has 0 spiro atoms. The average molecular weight is 339 g/mol. The minimum atomic E-state index is -0.0836. The SMILES string of the molecule is CCN1CCN(c2cc(C(=O)N(C)Cc3ccccc3)ncn2)CC1. The summed E-state index contributed by atoms with van der Waals surface area (Å²) < 4.78 is 0. The largest absolute Gasteiger partial charge is 0.354 e. The number of hydrogen-bond acceptors (Lipinski definition) is 5. The van der Waals surface area contributed by atoms with Crippen LogP contribution in [0.25, 0.3) is 0 Å². The van der Waals surface area contributed by atoms with E-state index in [1.54, 1.807) is 11.9 Å². The molecule has 1 saturated heterocycles. The molecule has 0 bridgehead atoms. The second-order valence-corrected chi connectivity index (χ2v) is 6.33. The second-order valence-electron chi connectivity index (χ2n) is 6.33. The van der Waals surface area contributed by atoms with Crippen LogP contribution in [-0.4, -0.2) is 65.4 Å². The van der Waals surface area contributed by atoms with Crippen LogP contribution in [0.3, 0.4) is 0 Å². The molecule has 6 heteroatoms. The summed E-state index contributed by atoms with van der Waals surface area (Å²) in [5.41, 5.74) is 1.55. The minimum Gasteiger partial charge on any atom is -0.354 e. The molecule has 2 heterocycles. The molecule has 0 atom stereocenters. The Morgan fingerprint density at radius 1 is 1.12 bits per heavy atom. The molecule has 25 heavy (non-hydrogen) atoms. The molecule has 1 amide bonds. The topological polar surface area (TPSA) is 52.6 Å². The minimum absolute atomic E-state index is 0.0836. The van der Waals surface area contributed by atoms with Crippen LogP contribution >= 0.6 is 0 Å². The van der Waals surface area contributed by atoms with Crippen LogP contribution in [0.2, 0.25) is 0 Å². The Labute approximate surface area is 149 Å². The Kier molecular flexibility index (Phi) is 5.60. The fraction of sp³-hybridized carbons (Fsp3) is 0.421. The van der Waals surface area contributed by atoms with Gasteiger partial charge in [0.15, 0.2) is 0 Å². The van der Waals surface area contributed by atoms with Crippen molar-refractivity contribution in [2.45, 2.75) is 13.5 Å². The molecule has 1 aliphatic rings. The Balaban J connectivity index is 1.67. The van der Waals surface area contributed by atoms with Gasteiger partial charge in [0.2, 0.25) is 0 Å². The van der Waals surface area contributed by atoms with E-state index in [1.165, 1.54) is 6.33 Å². The zero-order chi connectivity index (χ0) is 17.6. The van der Waals surface area contributed by atoms with Crippen molar-refractivity contribution in [2.75, 3.05) is 44.7 Å². The van der Waals surface area contributed by atoms with Gasteiger partial charge in [0, 0.05) is 45.8 Å². The van der Waals surface area contributed by atoms with E-state index in [9.17, 15) is 4.79 Å². The highest BCUT2D eigenvalue weighted by atomic mass is 16.2. The number of likely N-dealkylation sites (N-methyl/N-ethyl adjacent to an activating group) is 1. The second kappa shape index (κ2) is 8.07. The smallest absolute Gasteiger partial charge is 0.272 e. The summed E-state index contributed by atoms with van der Waals surface area (Å²) in [6.45, 7) is 7.73. The number of amides is 1. The quantitative estimate of drug-likeness (QED) is 0.833. The van der Waals surface area contributed by atoms with Crippen molar-refractivity contribution in [3.63, 3.8) is 0 Å². The fourth-order valence-electron chi connectivity index (χ4n) is 3.05. The summed E-state index contributed by atoms with van der Waals surface area (Å²) in [4.78, 5) is 27.6. The van der Waals surface area contributed by atoms with Crippen LogP contribution in [0.5, 0.6) is 0 Å². The molecule has 1 fully saturated rings. The lowest BCUT2D eigenvalue weighted by Gasteiger charge is -2.34. The van der Waals surface area contributed by atoms with E-state index in [4.69, 9.17) is 0 Å². The van der Waals surface area contributed by atoms with E-state index < -0.39 is 0 Å². The Hall–Kier alpha value is -2.47. The van der Waals surface area contributed by atoms with E-state index in [0.717, 1.165) is 44.1 Å². The van der Waals surface area contributed by atoms with E-state index in [-0.39, 0.29) is 5.91 Å². The first-order valence-electron chi connectivity index (χ1n) is 8.76. The van der Waals surface area contributed by atoms with Gasteiger partial charge in [-0.3, -0.25) is 4.79 Å². The number of piperazine rings is 1. The van der Waals surface area contributed by atoms with Gasteiger partial charge in [-0.2, -0.15) is 0 Å². The highest BCUT2D eigenvalue weighted by Crippen LogP contribution is 2.15. The third-order valence-corrected chi connectivity index (χ3v) is 4.62. The van der Waals surface area contributed by atoms with E-state index in [1.807, 2.05) is 36.4 Å². The molecule has 3 rings (SSSR count). The number of aromatic nitrogens is 2. The molecule has 6 nitrogen and oxygen atoms in total. The normalized spacial score (nSPS) is 15.2. The first kappa shape index (κ1) is 17.4. The van der Waals surface area contributed by atoms with Crippen molar-refractivity contribution in [1.29, 1.82) is 0 Å². The third kappa shape index (κ3) is 4.33. The van der Waals surface area contributed by atoms with Gasteiger partial charge in [-0.25, -0.2) is 9.97 Å². The van der Waals surface area contributed by atoms with Crippen molar-refractivity contribution in [2.24, 2.45) is 0 Å². The highest BCUT2D eigenvalue weighted by Gasteiger charge is 2.19. The van der Waals surface area contributed by atoms with Crippen molar-refractivity contribution >= 4 is 11.7 Å². The van der Waals surface area contributed by atoms with Crippen molar-refractivity contribution in [3.05, 3.63) is 54.0 Å². The Bertz CT molecular complexity index is 698. The highest BCUT2D eigenvalue weighted by molar-refractivity contribution is 5.92. The monoisotopic (exact) mass is 339 g/mol. The molecule has 0 radical (unpaired) electrons. The molecule has 0 N–H and O–H groups in total. The molecule has 0 saturated carbocycles. The van der Waals surface area contributed by atoms with Gasteiger partial charge in [-0.1, -0.05) is 37.3 Å². The lowest BCUT2D eigenvalue weighted by atomic mass is 10.2. The molecular formula is C19H25N5O. The molecule has 132 valence electrons. The van der Waals surface area contributed by atoms with Gasteiger partial charge in [-0.05, 0) is 12.1 Å². The lowest BCUT2D eigenvalue weighted by molar-refractivity contribution is 0.0779. The Morgan fingerprint density at radius 2 is 1.84 bits per heavy atom. The summed E-state index contributed by atoms with van der Waals surface area (Å²) in [6.07, 6.45) is 1.49. The average Bonchev–Trinajstić information content (AvgIpc) is 2.68. The van der Waals surface area contributed by atoms with Crippen molar-refractivity contribution in [3.8, 4) is 0 Å². The summed E-state index contributed by atoms with van der Waals surface area (Å²) >= 11 is 0. The lowest BCUT2D eigenvalue weighted by Crippen LogP contribution is -2.46. The summed E-state index contributed by atoms with van der Waals surface area (Å²) in [6, 6.07) is 11.8. The molecule has 1 aliphatic heterocycles. The van der Waals surface area contributed by atoms with Crippen LogP contribution in [0.1, 0.15) is 23.0 Å². The van der Waals surface area contributed by atoms with Crippen LogP contribution in [0, 0.1) is 0 Å². The zero-order valence-electron chi connectivity index (χ0n) is 14.9. The first-order chi connectivity index (χ1) is 12.2. The molecular weight excluding hydrogens is 314 g/mol. The van der Waals surface area contributed by atoms with Crippen LogP contribution in [0.4, 0.5) is 5.82 Å². The van der Waals surface area contributed by atoms with Crippen LogP contribution in [0.15, 0.2) is 42.7 Å². The number of carbonyl (C=O) groups is 1. The van der Waals surface area contributed by atoms with Gasteiger partial charge in [0.05, 0.1) is 0 Å². The van der Waals surface area contributed by atoms with Crippen molar-refractivity contribution in [1.82, 2.24) is 19.8 Å². The van der Waals surface area contributed by atoms with Gasteiger partial charge in [0.25, 0.3) is 5.91 Å². The van der Waals surface area contributed by atoms with Crippen LogP contribution < -0.4 is 4.90 Å². The summed E-state index contributed by atoms with van der Waals surface area (Å²) in [5, 5.41) is 0. The first-order valence-corrected chi connectivity index (χ1v) is 8.76. The number of hydrogen-bond donors (Lipinski definition) is 0.